The summed E-state index contributed by atoms with van der Waals surface area (Å²) >= 11 is 0. The molecular formula is C73H46N2. The van der Waals surface area contributed by atoms with Crippen LogP contribution in [0.3, 0.4) is 0 Å². The molecule has 0 amide bonds. The fraction of sp³-hybridized carbons (Fsp3) is 0.0137. The Morgan fingerprint density at radius 3 is 1.28 bits per heavy atom. The van der Waals surface area contributed by atoms with E-state index in [1.165, 1.54) is 127 Å². The van der Waals surface area contributed by atoms with Crippen LogP contribution in [0.1, 0.15) is 22.3 Å². The van der Waals surface area contributed by atoms with Gasteiger partial charge in [0.25, 0.3) is 0 Å². The highest BCUT2D eigenvalue weighted by Gasteiger charge is 2.51. The van der Waals surface area contributed by atoms with Crippen molar-refractivity contribution in [1.29, 1.82) is 0 Å². The highest BCUT2D eigenvalue weighted by atomic mass is 15.1. The quantitative estimate of drug-likeness (QED) is 0.151. The van der Waals surface area contributed by atoms with E-state index in [0.29, 0.717) is 0 Å². The first-order valence-corrected chi connectivity index (χ1v) is 26.1. The van der Waals surface area contributed by atoms with E-state index in [1.807, 2.05) is 0 Å². The third kappa shape index (κ3) is 6.02. The lowest BCUT2D eigenvalue weighted by molar-refractivity contribution is 0.794. The summed E-state index contributed by atoms with van der Waals surface area (Å²) in [7, 11) is 0. The first-order chi connectivity index (χ1) is 37.2. The molecule has 1 spiro atoms. The van der Waals surface area contributed by atoms with Crippen molar-refractivity contribution >= 4 is 71.2 Å². The normalized spacial score (nSPS) is 12.9. The Morgan fingerprint density at radius 2 is 0.653 bits per heavy atom. The monoisotopic (exact) mass is 950 g/mol. The van der Waals surface area contributed by atoms with Gasteiger partial charge in [-0.15, -0.1) is 0 Å². The van der Waals surface area contributed by atoms with E-state index in [2.05, 4.69) is 289 Å². The highest BCUT2D eigenvalue weighted by Crippen LogP contribution is 2.63. The molecule has 2 heteroatoms. The number of para-hydroxylation sites is 2. The van der Waals surface area contributed by atoms with Crippen LogP contribution < -0.4 is 4.90 Å². The summed E-state index contributed by atoms with van der Waals surface area (Å²) in [5.41, 5.74) is 21.8. The number of nitrogens with zero attached hydrogens (tertiary/aromatic N) is 2. The van der Waals surface area contributed by atoms with Crippen LogP contribution in [0, 0.1) is 0 Å². The molecule has 0 bridgehead atoms. The molecular weight excluding hydrogens is 905 g/mol. The molecule has 13 aromatic carbocycles. The zero-order valence-corrected chi connectivity index (χ0v) is 41.0. The van der Waals surface area contributed by atoms with Crippen LogP contribution in [-0.4, -0.2) is 4.57 Å². The van der Waals surface area contributed by atoms with E-state index in [0.717, 1.165) is 17.1 Å². The number of aromatic nitrogens is 1. The summed E-state index contributed by atoms with van der Waals surface area (Å²) in [6.45, 7) is 0. The Kier molecular flexibility index (Phi) is 8.99. The molecule has 14 aromatic rings. The zero-order valence-electron chi connectivity index (χ0n) is 41.0. The summed E-state index contributed by atoms with van der Waals surface area (Å²) in [4.78, 5) is 2.46. The Morgan fingerprint density at radius 1 is 0.240 bits per heavy atom. The van der Waals surface area contributed by atoms with Crippen LogP contribution in [0.2, 0.25) is 0 Å². The second-order valence-corrected chi connectivity index (χ2v) is 20.3. The SMILES string of the molecule is c1ccc(-n2c3ccccc3c3cc(-c4ccc(-c5ccc(N(c6ccc7c(c6)-c6ccccc6C76c7ccccc7-c7ccccc76)c6ccc7c8ccccc8c8ccccc8c7c6)cc5)cc4)ccc32)cc1. The molecule has 0 unspecified atom stereocenters. The average Bonchev–Trinajstić information content (AvgIpc) is 4.27. The molecule has 75 heavy (non-hydrogen) atoms. The molecule has 0 aliphatic heterocycles. The lowest BCUT2D eigenvalue weighted by Gasteiger charge is -2.31. The molecule has 0 N–H and O–H groups in total. The highest BCUT2D eigenvalue weighted by molar-refractivity contribution is 6.26. The van der Waals surface area contributed by atoms with Crippen LogP contribution in [0.15, 0.2) is 279 Å². The second kappa shape index (κ2) is 16.1. The Balaban J connectivity index is 0.824. The average molecular weight is 951 g/mol. The van der Waals surface area contributed by atoms with Crippen LogP contribution in [0.25, 0.3) is 104 Å². The van der Waals surface area contributed by atoms with Gasteiger partial charge in [0.1, 0.15) is 0 Å². The van der Waals surface area contributed by atoms with Gasteiger partial charge >= 0.3 is 0 Å². The zero-order chi connectivity index (χ0) is 49.2. The largest absolute Gasteiger partial charge is 0.310 e. The molecule has 0 fully saturated rings. The molecule has 2 nitrogen and oxygen atoms in total. The van der Waals surface area contributed by atoms with Crippen molar-refractivity contribution in [1.82, 2.24) is 4.57 Å². The van der Waals surface area contributed by atoms with E-state index < -0.39 is 5.41 Å². The van der Waals surface area contributed by atoms with Gasteiger partial charge in [0.15, 0.2) is 0 Å². The van der Waals surface area contributed by atoms with Gasteiger partial charge in [-0.1, -0.05) is 212 Å². The van der Waals surface area contributed by atoms with Crippen molar-refractivity contribution in [3.63, 3.8) is 0 Å². The van der Waals surface area contributed by atoms with Gasteiger partial charge < -0.3 is 9.47 Å². The van der Waals surface area contributed by atoms with Gasteiger partial charge in [-0.05, 0) is 166 Å². The predicted octanol–water partition coefficient (Wildman–Crippen LogP) is 19.4. The van der Waals surface area contributed by atoms with E-state index in [-0.39, 0.29) is 0 Å². The molecule has 0 saturated heterocycles. The lowest BCUT2D eigenvalue weighted by atomic mass is 9.70. The maximum absolute atomic E-state index is 2.46. The van der Waals surface area contributed by atoms with E-state index in [9.17, 15) is 0 Å². The third-order valence-corrected chi connectivity index (χ3v) is 16.6. The van der Waals surface area contributed by atoms with Crippen molar-refractivity contribution in [2.75, 3.05) is 4.90 Å². The van der Waals surface area contributed by atoms with Crippen molar-refractivity contribution < 1.29 is 0 Å². The van der Waals surface area contributed by atoms with Gasteiger partial charge in [-0.25, -0.2) is 0 Å². The molecule has 2 aliphatic carbocycles. The van der Waals surface area contributed by atoms with Crippen molar-refractivity contribution in [2.45, 2.75) is 5.41 Å². The van der Waals surface area contributed by atoms with Crippen LogP contribution >= 0.6 is 0 Å². The van der Waals surface area contributed by atoms with Gasteiger partial charge in [0, 0.05) is 33.5 Å². The van der Waals surface area contributed by atoms with Crippen LogP contribution in [0.5, 0.6) is 0 Å². The first-order valence-electron chi connectivity index (χ1n) is 26.1. The number of benzene rings is 13. The Labute approximate surface area is 435 Å². The van der Waals surface area contributed by atoms with Crippen LogP contribution in [0.4, 0.5) is 17.1 Å². The van der Waals surface area contributed by atoms with E-state index in [1.54, 1.807) is 0 Å². The predicted molar refractivity (Wildman–Crippen MR) is 315 cm³/mol. The van der Waals surface area contributed by atoms with Crippen molar-refractivity contribution in [2.24, 2.45) is 0 Å². The minimum atomic E-state index is -0.405. The maximum atomic E-state index is 2.46. The molecule has 0 radical (unpaired) electrons. The fourth-order valence-corrected chi connectivity index (χ4v) is 13.4. The molecule has 348 valence electrons. The molecule has 16 rings (SSSR count). The molecule has 1 aromatic heterocycles. The summed E-state index contributed by atoms with van der Waals surface area (Å²) in [6, 6.07) is 104. The number of fused-ring (bicyclic) bond motifs is 19. The number of rotatable bonds is 6. The molecule has 2 aliphatic rings. The second-order valence-electron chi connectivity index (χ2n) is 20.3. The Hall–Kier alpha value is -9.76. The Bertz CT molecular complexity index is 4560. The summed E-state index contributed by atoms with van der Waals surface area (Å²) in [5, 5.41) is 10.1. The molecule has 1 heterocycles. The topological polar surface area (TPSA) is 8.17 Å². The first kappa shape index (κ1) is 41.8. The van der Waals surface area contributed by atoms with E-state index in [4.69, 9.17) is 0 Å². The lowest BCUT2D eigenvalue weighted by Crippen LogP contribution is -2.25. The van der Waals surface area contributed by atoms with E-state index >= 15 is 0 Å². The number of hydrogen-bond acceptors (Lipinski definition) is 1. The van der Waals surface area contributed by atoms with Crippen molar-refractivity contribution in [3.05, 3.63) is 301 Å². The fourth-order valence-electron chi connectivity index (χ4n) is 13.4. The maximum Gasteiger partial charge on any atom is 0.0725 e. The van der Waals surface area contributed by atoms with Crippen molar-refractivity contribution in [3.8, 4) is 50.2 Å². The van der Waals surface area contributed by atoms with Gasteiger partial charge in [0.05, 0.1) is 16.4 Å². The van der Waals surface area contributed by atoms with Gasteiger partial charge in [-0.3, -0.25) is 0 Å². The minimum Gasteiger partial charge on any atom is -0.310 e. The standard InChI is InChI=1S/C73H46N2/c1-2-16-51(17-3-1)75-71-29-15-11-25-63(71)66-44-50(36-43-72(66)75)49-32-30-47(31-33-49)48-34-37-52(38-35-48)74(53-39-41-59-57-20-5-4-18-55(57)56-19-6-7-21-58(56)64(59)45-53)54-40-42-70-65(46-54)62-24-10-14-28-69(62)73(70)67-26-12-8-22-60(67)61-23-9-13-27-68(61)73/h1-46H. The van der Waals surface area contributed by atoms with Gasteiger partial charge in [-0.2, -0.15) is 0 Å². The van der Waals surface area contributed by atoms with Gasteiger partial charge in [0.2, 0.25) is 0 Å². The summed E-state index contributed by atoms with van der Waals surface area (Å²) < 4.78 is 2.37. The third-order valence-electron chi connectivity index (χ3n) is 16.6. The number of hydrogen-bond donors (Lipinski definition) is 0. The smallest absolute Gasteiger partial charge is 0.0725 e. The number of anilines is 3. The summed E-state index contributed by atoms with van der Waals surface area (Å²) in [5.74, 6) is 0. The minimum absolute atomic E-state index is 0.405. The summed E-state index contributed by atoms with van der Waals surface area (Å²) in [6.07, 6.45) is 0. The molecule has 0 saturated carbocycles. The molecule has 0 atom stereocenters. The van der Waals surface area contributed by atoms with Crippen LogP contribution in [-0.2, 0) is 5.41 Å².